The van der Waals surface area contributed by atoms with Gasteiger partial charge >= 0.3 is 0 Å². The predicted octanol–water partition coefficient (Wildman–Crippen LogP) is 4.12. The van der Waals surface area contributed by atoms with Crippen LogP contribution >= 0.6 is 11.6 Å². The van der Waals surface area contributed by atoms with E-state index in [9.17, 15) is 4.79 Å². The van der Waals surface area contributed by atoms with Gasteiger partial charge in [0.25, 0.3) is 5.91 Å². The molecule has 4 heteroatoms. The average Bonchev–Trinajstić information content (AvgIpc) is 2.53. The number of halogens is 1. The fourth-order valence-electron chi connectivity index (χ4n) is 2.02. The molecule has 0 aromatic heterocycles. The number of benzene rings is 2. The Balaban J connectivity index is 1.94. The van der Waals surface area contributed by atoms with Crippen molar-refractivity contribution in [1.82, 2.24) is 5.32 Å². The summed E-state index contributed by atoms with van der Waals surface area (Å²) >= 11 is 6.06. The Bertz CT molecular complexity index is 625. The van der Waals surface area contributed by atoms with Gasteiger partial charge in [-0.2, -0.15) is 0 Å². The van der Waals surface area contributed by atoms with E-state index in [0.29, 0.717) is 23.7 Å². The number of amides is 1. The number of aryl methyl sites for hydroxylation is 1. The van der Waals surface area contributed by atoms with Crippen LogP contribution in [0.1, 0.15) is 24.5 Å². The van der Waals surface area contributed by atoms with Crippen molar-refractivity contribution in [1.29, 1.82) is 0 Å². The van der Waals surface area contributed by atoms with Gasteiger partial charge < -0.3 is 10.1 Å². The summed E-state index contributed by atoms with van der Waals surface area (Å²) in [6.07, 6.45) is 0.0238. The molecule has 0 bridgehead atoms. The third-order valence-corrected chi connectivity index (χ3v) is 3.67. The molecule has 0 aliphatic carbocycles. The highest BCUT2D eigenvalue weighted by atomic mass is 35.5. The minimum Gasteiger partial charge on any atom is -0.479 e. The monoisotopic (exact) mass is 317 g/mol. The smallest absolute Gasteiger partial charge is 0.261 e. The topological polar surface area (TPSA) is 38.3 Å². The normalized spacial score (nSPS) is 11.8. The number of hydrogen-bond donors (Lipinski definition) is 1. The Morgan fingerprint density at radius 1 is 1.18 bits per heavy atom. The highest BCUT2D eigenvalue weighted by molar-refractivity contribution is 6.32. The van der Waals surface area contributed by atoms with Crippen molar-refractivity contribution in [2.75, 3.05) is 0 Å². The Labute approximate surface area is 136 Å². The van der Waals surface area contributed by atoms with Crippen LogP contribution in [-0.4, -0.2) is 12.0 Å². The van der Waals surface area contributed by atoms with E-state index in [2.05, 4.69) is 5.32 Å². The molecule has 0 aliphatic rings. The zero-order chi connectivity index (χ0) is 15.9. The second kappa shape index (κ2) is 7.85. The molecule has 3 nitrogen and oxygen atoms in total. The molecule has 0 spiro atoms. The quantitative estimate of drug-likeness (QED) is 0.870. The Kier molecular flexibility index (Phi) is 5.84. The van der Waals surface area contributed by atoms with Crippen molar-refractivity contribution in [3.63, 3.8) is 0 Å². The molecule has 0 saturated heterocycles. The highest BCUT2D eigenvalue weighted by Crippen LogP contribution is 2.24. The van der Waals surface area contributed by atoms with Crippen LogP contribution in [0, 0.1) is 6.92 Å². The largest absolute Gasteiger partial charge is 0.479 e. The van der Waals surface area contributed by atoms with Gasteiger partial charge in [-0.15, -0.1) is 0 Å². The SMILES string of the molecule is CCC(Oc1ccccc1Cl)C(=O)NCc1ccc(C)cc1. The van der Waals surface area contributed by atoms with Crippen molar-refractivity contribution in [2.24, 2.45) is 0 Å². The molecule has 2 aromatic carbocycles. The molecule has 116 valence electrons. The zero-order valence-corrected chi connectivity index (χ0v) is 13.6. The molecule has 0 fully saturated rings. The van der Waals surface area contributed by atoms with Gasteiger partial charge in [0, 0.05) is 6.54 Å². The van der Waals surface area contributed by atoms with Crippen LogP contribution < -0.4 is 10.1 Å². The molecule has 1 N–H and O–H groups in total. The number of hydrogen-bond acceptors (Lipinski definition) is 2. The molecule has 1 unspecified atom stereocenters. The first-order chi connectivity index (χ1) is 10.6. The van der Waals surface area contributed by atoms with E-state index in [1.165, 1.54) is 5.56 Å². The number of nitrogens with one attached hydrogen (secondary N) is 1. The Hall–Kier alpha value is -2.00. The Morgan fingerprint density at radius 3 is 2.50 bits per heavy atom. The van der Waals surface area contributed by atoms with E-state index in [1.54, 1.807) is 12.1 Å². The van der Waals surface area contributed by atoms with Crippen molar-refractivity contribution in [3.8, 4) is 5.75 Å². The summed E-state index contributed by atoms with van der Waals surface area (Å²) in [5.41, 5.74) is 2.26. The van der Waals surface area contributed by atoms with Crippen LogP contribution in [0.4, 0.5) is 0 Å². The number of ether oxygens (including phenoxy) is 1. The van der Waals surface area contributed by atoms with Crippen LogP contribution in [0.3, 0.4) is 0 Å². The molecule has 22 heavy (non-hydrogen) atoms. The van der Waals surface area contributed by atoms with Crippen molar-refractivity contribution in [3.05, 3.63) is 64.7 Å². The standard InChI is InChI=1S/C18H20ClNO2/c1-3-16(22-17-7-5-4-6-15(17)19)18(21)20-12-14-10-8-13(2)9-11-14/h4-11,16H,3,12H2,1-2H3,(H,20,21). The zero-order valence-electron chi connectivity index (χ0n) is 12.8. The van der Waals surface area contributed by atoms with Gasteiger partial charge in [0.2, 0.25) is 0 Å². The van der Waals surface area contributed by atoms with Crippen molar-refractivity contribution >= 4 is 17.5 Å². The molecule has 2 rings (SSSR count). The highest BCUT2D eigenvalue weighted by Gasteiger charge is 2.19. The van der Waals surface area contributed by atoms with E-state index < -0.39 is 6.10 Å². The van der Waals surface area contributed by atoms with Crippen molar-refractivity contribution in [2.45, 2.75) is 32.9 Å². The molecular weight excluding hydrogens is 298 g/mol. The lowest BCUT2D eigenvalue weighted by atomic mass is 10.1. The molecule has 0 saturated carbocycles. The summed E-state index contributed by atoms with van der Waals surface area (Å²) in [4.78, 5) is 12.3. The number of para-hydroxylation sites is 1. The first-order valence-corrected chi connectivity index (χ1v) is 7.72. The Morgan fingerprint density at radius 2 is 1.86 bits per heavy atom. The number of carbonyl (C=O) groups excluding carboxylic acids is 1. The minimum absolute atomic E-state index is 0.136. The fraction of sp³-hybridized carbons (Fsp3) is 0.278. The van der Waals surface area contributed by atoms with Crippen LogP contribution in [-0.2, 0) is 11.3 Å². The summed E-state index contributed by atoms with van der Waals surface area (Å²) in [6, 6.07) is 15.2. The van der Waals surface area contributed by atoms with Gasteiger partial charge in [0.05, 0.1) is 5.02 Å². The van der Waals surface area contributed by atoms with E-state index in [0.717, 1.165) is 5.56 Å². The lowest BCUT2D eigenvalue weighted by Crippen LogP contribution is -2.37. The van der Waals surface area contributed by atoms with Crippen LogP contribution in [0.5, 0.6) is 5.75 Å². The molecule has 2 aromatic rings. The predicted molar refractivity (Wildman–Crippen MR) is 89.2 cm³/mol. The molecule has 0 heterocycles. The molecule has 1 atom stereocenters. The number of carbonyl (C=O) groups is 1. The second-order valence-electron chi connectivity index (χ2n) is 5.15. The first kappa shape index (κ1) is 16.4. The first-order valence-electron chi connectivity index (χ1n) is 7.34. The van der Waals surface area contributed by atoms with E-state index in [-0.39, 0.29) is 5.91 Å². The molecule has 0 aliphatic heterocycles. The van der Waals surface area contributed by atoms with Crippen LogP contribution in [0.2, 0.25) is 5.02 Å². The molecular formula is C18H20ClNO2. The second-order valence-corrected chi connectivity index (χ2v) is 5.56. The maximum atomic E-state index is 12.3. The third kappa shape index (κ3) is 4.50. The third-order valence-electron chi connectivity index (χ3n) is 3.36. The lowest BCUT2D eigenvalue weighted by Gasteiger charge is -2.18. The van der Waals surface area contributed by atoms with Gasteiger partial charge in [-0.1, -0.05) is 60.5 Å². The van der Waals surface area contributed by atoms with Crippen LogP contribution in [0.15, 0.2) is 48.5 Å². The summed E-state index contributed by atoms with van der Waals surface area (Å²) in [6.45, 7) is 4.43. The van der Waals surface area contributed by atoms with Gasteiger partial charge in [-0.05, 0) is 31.0 Å². The van der Waals surface area contributed by atoms with Gasteiger partial charge in [-0.25, -0.2) is 0 Å². The maximum absolute atomic E-state index is 12.3. The van der Waals surface area contributed by atoms with Gasteiger partial charge in [0.15, 0.2) is 6.10 Å². The summed E-state index contributed by atoms with van der Waals surface area (Å²) < 4.78 is 5.72. The van der Waals surface area contributed by atoms with E-state index in [4.69, 9.17) is 16.3 Å². The summed E-state index contributed by atoms with van der Waals surface area (Å²) in [5, 5.41) is 3.41. The summed E-state index contributed by atoms with van der Waals surface area (Å²) in [7, 11) is 0. The van der Waals surface area contributed by atoms with E-state index >= 15 is 0 Å². The minimum atomic E-state index is -0.551. The van der Waals surface area contributed by atoms with Crippen molar-refractivity contribution < 1.29 is 9.53 Å². The molecule has 0 radical (unpaired) electrons. The maximum Gasteiger partial charge on any atom is 0.261 e. The molecule has 1 amide bonds. The number of rotatable bonds is 6. The average molecular weight is 318 g/mol. The van der Waals surface area contributed by atoms with Gasteiger partial charge in [0.1, 0.15) is 5.75 Å². The van der Waals surface area contributed by atoms with Gasteiger partial charge in [-0.3, -0.25) is 4.79 Å². The lowest BCUT2D eigenvalue weighted by molar-refractivity contribution is -0.128. The van der Waals surface area contributed by atoms with Crippen LogP contribution in [0.25, 0.3) is 0 Å². The summed E-state index contributed by atoms with van der Waals surface area (Å²) in [5.74, 6) is 0.393. The fourth-order valence-corrected chi connectivity index (χ4v) is 2.21. The van der Waals surface area contributed by atoms with E-state index in [1.807, 2.05) is 50.2 Å².